The van der Waals surface area contributed by atoms with Crippen LogP contribution in [-0.2, 0) is 0 Å². The van der Waals surface area contributed by atoms with Crippen molar-refractivity contribution in [3.05, 3.63) is 59.1 Å². The number of rotatable bonds is 2. The molecule has 0 unspecified atom stereocenters. The van der Waals surface area contributed by atoms with Gasteiger partial charge in [-0.1, -0.05) is 48.0 Å². The van der Waals surface area contributed by atoms with Gasteiger partial charge in [0.05, 0.1) is 6.21 Å². The molecule has 0 fully saturated rings. The molecule has 2 aromatic rings. The Morgan fingerprint density at radius 3 is 2.38 bits per heavy atom. The van der Waals surface area contributed by atoms with Gasteiger partial charge in [0.15, 0.2) is 0 Å². The van der Waals surface area contributed by atoms with Gasteiger partial charge in [0.25, 0.3) is 0 Å². The van der Waals surface area contributed by atoms with Crippen LogP contribution in [0.25, 0.3) is 11.1 Å². The molecule has 80 valence electrons. The van der Waals surface area contributed by atoms with Gasteiger partial charge in [-0.15, -0.1) is 0 Å². The molecule has 16 heavy (non-hydrogen) atoms. The van der Waals surface area contributed by atoms with Crippen LogP contribution >= 0.6 is 11.6 Å². The fourth-order valence-electron chi connectivity index (χ4n) is 1.58. The summed E-state index contributed by atoms with van der Waals surface area (Å²) in [4.78, 5) is 0. The van der Waals surface area contributed by atoms with Gasteiger partial charge in [0, 0.05) is 10.6 Å². The van der Waals surface area contributed by atoms with E-state index in [0.29, 0.717) is 0 Å². The Kier molecular flexibility index (Phi) is 3.22. The second kappa shape index (κ2) is 4.81. The van der Waals surface area contributed by atoms with Crippen molar-refractivity contribution < 1.29 is 0 Å². The van der Waals surface area contributed by atoms with Gasteiger partial charge in [-0.2, -0.15) is 5.10 Å². The van der Waals surface area contributed by atoms with E-state index in [1.54, 1.807) is 6.21 Å². The van der Waals surface area contributed by atoms with Gasteiger partial charge >= 0.3 is 0 Å². The lowest BCUT2D eigenvalue weighted by molar-refractivity contribution is 1.26. The molecule has 0 aromatic heterocycles. The fourth-order valence-corrected chi connectivity index (χ4v) is 1.71. The molecule has 0 saturated carbocycles. The molecule has 0 saturated heterocycles. The molecule has 0 radical (unpaired) electrons. The summed E-state index contributed by atoms with van der Waals surface area (Å²) in [6, 6.07) is 15.6. The number of hydrazone groups is 1. The quantitative estimate of drug-likeness (QED) is 0.480. The van der Waals surface area contributed by atoms with Crippen molar-refractivity contribution in [1.82, 2.24) is 0 Å². The lowest BCUT2D eigenvalue weighted by atomic mass is 10.0. The minimum absolute atomic E-state index is 0.730. The summed E-state index contributed by atoms with van der Waals surface area (Å²) in [5.41, 5.74) is 3.18. The molecule has 2 rings (SSSR count). The van der Waals surface area contributed by atoms with Crippen LogP contribution in [0.5, 0.6) is 0 Å². The Labute approximate surface area is 99.4 Å². The van der Waals surface area contributed by atoms with Crippen LogP contribution < -0.4 is 5.84 Å². The number of nitrogens with two attached hydrogens (primary N) is 1. The first-order valence-corrected chi connectivity index (χ1v) is 5.27. The van der Waals surface area contributed by atoms with Crippen molar-refractivity contribution >= 4 is 17.8 Å². The highest BCUT2D eigenvalue weighted by atomic mass is 35.5. The first-order valence-electron chi connectivity index (χ1n) is 4.89. The molecule has 3 heteroatoms. The molecule has 0 bridgehead atoms. The third-order valence-corrected chi connectivity index (χ3v) is 2.58. The monoisotopic (exact) mass is 230 g/mol. The zero-order chi connectivity index (χ0) is 11.4. The Balaban J connectivity index is 2.51. The zero-order valence-corrected chi connectivity index (χ0v) is 9.35. The molecule has 0 heterocycles. The van der Waals surface area contributed by atoms with E-state index in [9.17, 15) is 0 Å². The van der Waals surface area contributed by atoms with Crippen molar-refractivity contribution in [2.75, 3.05) is 0 Å². The van der Waals surface area contributed by atoms with Crippen LogP contribution in [-0.4, -0.2) is 6.21 Å². The van der Waals surface area contributed by atoms with E-state index in [-0.39, 0.29) is 0 Å². The maximum atomic E-state index is 5.85. The normalized spacial score (nSPS) is 10.8. The molecule has 0 atom stereocenters. The fraction of sp³-hybridized carbons (Fsp3) is 0. The van der Waals surface area contributed by atoms with Crippen LogP contribution in [0, 0.1) is 0 Å². The highest BCUT2D eigenvalue weighted by molar-refractivity contribution is 6.30. The average Bonchev–Trinajstić information content (AvgIpc) is 2.32. The smallest absolute Gasteiger partial charge is 0.0544 e. The molecule has 2 aromatic carbocycles. The van der Waals surface area contributed by atoms with Gasteiger partial charge in [0.1, 0.15) is 0 Å². The summed E-state index contributed by atoms with van der Waals surface area (Å²) in [5, 5.41) is 4.29. The summed E-state index contributed by atoms with van der Waals surface area (Å²) >= 11 is 5.85. The van der Waals surface area contributed by atoms with Crippen molar-refractivity contribution in [2.45, 2.75) is 0 Å². The van der Waals surface area contributed by atoms with Crippen LogP contribution in [0.3, 0.4) is 0 Å². The average molecular weight is 231 g/mol. The Bertz CT molecular complexity index is 504. The van der Waals surface area contributed by atoms with Crippen LogP contribution in [0.2, 0.25) is 5.02 Å². The van der Waals surface area contributed by atoms with E-state index in [1.807, 2.05) is 48.5 Å². The molecule has 0 aliphatic carbocycles. The van der Waals surface area contributed by atoms with E-state index < -0.39 is 0 Å². The predicted octanol–water partition coefficient (Wildman–Crippen LogP) is 3.30. The van der Waals surface area contributed by atoms with Gasteiger partial charge in [-0.3, -0.25) is 0 Å². The highest BCUT2D eigenvalue weighted by Crippen LogP contribution is 2.24. The number of benzene rings is 2. The Hall–Kier alpha value is -1.80. The first-order chi connectivity index (χ1) is 7.81. The van der Waals surface area contributed by atoms with E-state index in [4.69, 9.17) is 17.4 Å². The summed E-state index contributed by atoms with van der Waals surface area (Å²) in [5.74, 6) is 5.18. The molecule has 0 aliphatic rings. The molecule has 0 spiro atoms. The summed E-state index contributed by atoms with van der Waals surface area (Å²) in [7, 11) is 0. The second-order valence-electron chi connectivity index (χ2n) is 3.37. The molecular weight excluding hydrogens is 220 g/mol. The molecular formula is C13H11ClN2. The molecule has 0 aliphatic heterocycles. The number of halogens is 1. The number of nitrogens with zero attached hydrogens (tertiary/aromatic N) is 1. The first kappa shape index (κ1) is 10.7. The van der Waals surface area contributed by atoms with Crippen molar-refractivity contribution in [2.24, 2.45) is 10.9 Å². The minimum atomic E-state index is 0.730. The second-order valence-corrected chi connectivity index (χ2v) is 3.81. The third kappa shape index (κ3) is 2.23. The lowest BCUT2D eigenvalue weighted by Crippen LogP contribution is -1.90. The summed E-state index contributed by atoms with van der Waals surface area (Å²) < 4.78 is 0. The van der Waals surface area contributed by atoms with Crippen LogP contribution in [0.1, 0.15) is 5.56 Å². The summed E-state index contributed by atoms with van der Waals surface area (Å²) in [6.45, 7) is 0. The van der Waals surface area contributed by atoms with Crippen LogP contribution in [0.4, 0.5) is 0 Å². The Morgan fingerprint density at radius 1 is 1.00 bits per heavy atom. The maximum absolute atomic E-state index is 5.85. The lowest BCUT2D eigenvalue weighted by Gasteiger charge is -2.05. The molecule has 0 amide bonds. The minimum Gasteiger partial charge on any atom is -0.323 e. The Morgan fingerprint density at radius 2 is 1.69 bits per heavy atom. The van der Waals surface area contributed by atoms with Crippen molar-refractivity contribution in [1.29, 1.82) is 0 Å². The van der Waals surface area contributed by atoms with Crippen molar-refractivity contribution in [3.8, 4) is 11.1 Å². The van der Waals surface area contributed by atoms with Gasteiger partial charge in [-0.25, -0.2) is 0 Å². The van der Waals surface area contributed by atoms with E-state index >= 15 is 0 Å². The maximum Gasteiger partial charge on any atom is 0.0544 e. The van der Waals surface area contributed by atoms with E-state index in [1.165, 1.54) is 0 Å². The number of hydrogen-bond donors (Lipinski definition) is 1. The van der Waals surface area contributed by atoms with Gasteiger partial charge in [0.2, 0.25) is 0 Å². The standard InChI is InChI=1S/C13H11ClN2/c14-12-7-5-10(6-8-12)13-4-2-1-3-11(13)9-16-15/h1-9H,15H2. The largest absolute Gasteiger partial charge is 0.323 e. The predicted molar refractivity (Wildman–Crippen MR) is 68.7 cm³/mol. The molecule has 2 nitrogen and oxygen atoms in total. The summed E-state index contributed by atoms with van der Waals surface area (Å²) in [6.07, 6.45) is 1.64. The van der Waals surface area contributed by atoms with Crippen molar-refractivity contribution in [3.63, 3.8) is 0 Å². The highest BCUT2D eigenvalue weighted by Gasteiger charge is 2.02. The van der Waals surface area contributed by atoms with Gasteiger partial charge < -0.3 is 5.84 Å². The SMILES string of the molecule is NN=Cc1ccccc1-c1ccc(Cl)cc1. The van der Waals surface area contributed by atoms with E-state index in [2.05, 4.69) is 5.10 Å². The molecule has 2 N–H and O–H groups in total. The topological polar surface area (TPSA) is 38.4 Å². The van der Waals surface area contributed by atoms with Crippen LogP contribution in [0.15, 0.2) is 53.6 Å². The third-order valence-electron chi connectivity index (χ3n) is 2.33. The van der Waals surface area contributed by atoms with Gasteiger partial charge in [-0.05, 0) is 23.3 Å². The zero-order valence-electron chi connectivity index (χ0n) is 8.60. The van der Waals surface area contributed by atoms with E-state index in [0.717, 1.165) is 21.7 Å². The number of hydrogen-bond acceptors (Lipinski definition) is 2.